The average Bonchev–Trinajstić information content (AvgIpc) is 2.46. The van der Waals surface area contributed by atoms with E-state index in [1.165, 1.54) is 6.07 Å². The van der Waals surface area contributed by atoms with Crippen molar-refractivity contribution in [1.29, 1.82) is 0 Å². The van der Waals surface area contributed by atoms with Crippen LogP contribution in [-0.4, -0.2) is 32.5 Å². The van der Waals surface area contributed by atoms with Crippen LogP contribution >= 0.6 is 15.9 Å². The number of rotatable bonds is 5. The second-order valence-electron chi connectivity index (χ2n) is 5.27. The molecule has 1 aliphatic rings. The first-order valence-electron chi connectivity index (χ1n) is 6.87. The Morgan fingerprint density at radius 2 is 2.15 bits per heavy atom. The van der Waals surface area contributed by atoms with Gasteiger partial charge in [0.1, 0.15) is 5.82 Å². The molecule has 0 bridgehead atoms. The first kappa shape index (κ1) is 15.9. The van der Waals surface area contributed by atoms with Crippen LogP contribution < -0.4 is 5.32 Å². The van der Waals surface area contributed by atoms with Crippen molar-refractivity contribution >= 4 is 15.9 Å². The van der Waals surface area contributed by atoms with Gasteiger partial charge in [-0.3, -0.25) is 0 Å². The van der Waals surface area contributed by atoms with Crippen molar-refractivity contribution in [2.45, 2.75) is 31.4 Å². The normalized spacial score (nSPS) is 19.8. The lowest BCUT2D eigenvalue weighted by molar-refractivity contribution is -0.0885. The quantitative estimate of drug-likeness (QED) is 0.886. The third kappa shape index (κ3) is 3.79. The highest BCUT2D eigenvalue weighted by molar-refractivity contribution is 9.10. The number of halogens is 2. The van der Waals surface area contributed by atoms with E-state index in [1.807, 2.05) is 13.0 Å². The summed E-state index contributed by atoms with van der Waals surface area (Å²) in [5.41, 5.74) is 0.477. The van der Waals surface area contributed by atoms with Crippen molar-refractivity contribution < 1.29 is 13.9 Å². The molecular formula is C15H21BrFNO2. The Hall–Kier alpha value is -0.490. The summed E-state index contributed by atoms with van der Waals surface area (Å²) in [6, 6.07) is 5.10. The maximum absolute atomic E-state index is 13.9. The van der Waals surface area contributed by atoms with Crippen LogP contribution in [0, 0.1) is 5.82 Å². The predicted octanol–water partition coefficient (Wildman–Crippen LogP) is 3.43. The Bertz CT molecular complexity index is 449. The van der Waals surface area contributed by atoms with Crippen LogP contribution in [0.15, 0.2) is 22.7 Å². The Morgan fingerprint density at radius 1 is 1.45 bits per heavy atom. The largest absolute Gasteiger partial charge is 0.381 e. The maximum Gasteiger partial charge on any atom is 0.129 e. The minimum Gasteiger partial charge on any atom is -0.381 e. The molecule has 1 aromatic carbocycles. The van der Waals surface area contributed by atoms with Crippen LogP contribution in [0.25, 0.3) is 0 Å². The summed E-state index contributed by atoms with van der Waals surface area (Å²) in [6.07, 6.45) is 1.73. The van der Waals surface area contributed by atoms with Gasteiger partial charge in [-0.2, -0.15) is 0 Å². The first-order chi connectivity index (χ1) is 9.56. The van der Waals surface area contributed by atoms with Gasteiger partial charge in [-0.1, -0.05) is 22.0 Å². The molecule has 5 heteroatoms. The highest BCUT2D eigenvalue weighted by Gasteiger charge is 2.32. The van der Waals surface area contributed by atoms with Crippen molar-refractivity contribution in [1.82, 2.24) is 5.32 Å². The fourth-order valence-electron chi connectivity index (χ4n) is 2.50. The summed E-state index contributed by atoms with van der Waals surface area (Å²) in [5.74, 6) is -0.196. The molecule has 1 atom stereocenters. The summed E-state index contributed by atoms with van der Waals surface area (Å²) in [4.78, 5) is 0. The predicted molar refractivity (Wildman–Crippen MR) is 80.3 cm³/mol. The van der Waals surface area contributed by atoms with Gasteiger partial charge >= 0.3 is 0 Å². The molecule has 1 saturated heterocycles. The highest BCUT2D eigenvalue weighted by Crippen LogP contribution is 2.26. The number of nitrogens with one attached hydrogen (secondary N) is 1. The molecule has 1 fully saturated rings. The molecule has 1 heterocycles. The summed E-state index contributed by atoms with van der Waals surface area (Å²) >= 11 is 3.27. The Kier molecular flexibility index (Phi) is 5.55. The zero-order valence-corrected chi connectivity index (χ0v) is 13.5. The van der Waals surface area contributed by atoms with Gasteiger partial charge in [0.25, 0.3) is 0 Å². The molecule has 0 aromatic heterocycles. The minimum absolute atomic E-state index is 0.0574. The molecule has 0 aliphatic carbocycles. The smallest absolute Gasteiger partial charge is 0.129 e. The molecule has 1 N–H and O–H groups in total. The third-order valence-corrected chi connectivity index (χ3v) is 4.49. The molecule has 0 spiro atoms. The zero-order valence-electron chi connectivity index (χ0n) is 11.9. The zero-order chi connectivity index (χ0) is 14.6. The molecule has 20 heavy (non-hydrogen) atoms. The number of ether oxygens (including phenoxy) is 2. The molecule has 0 amide bonds. The third-order valence-electron chi connectivity index (χ3n) is 4.00. The molecule has 1 aliphatic heterocycles. The van der Waals surface area contributed by atoms with Crippen LogP contribution in [0.2, 0.25) is 0 Å². The fraction of sp³-hybridized carbons (Fsp3) is 0.600. The average molecular weight is 346 g/mol. The molecule has 0 saturated carbocycles. The maximum atomic E-state index is 13.9. The van der Waals surface area contributed by atoms with E-state index in [9.17, 15) is 4.39 Å². The van der Waals surface area contributed by atoms with Crippen LogP contribution in [0.3, 0.4) is 0 Å². The number of methoxy groups -OCH3 is 1. The van der Waals surface area contributed by atoms with Gasteiger partial charge in [-0.25, -0.2) is 4.39 Å². The molecule has 0 unspecified atom stereocenters. The summed E-state index contributed by atoms with van der Waals surface area (Å²) in [7, 11) is 1.73. The Labute approximate surface area is 128 Å². The van der Waals surface area contributed by atoms with E-state index in [-0.39, 0.29) is 17.5 Å². The molecular weight excluding hydrogens is 325 g/mol. The fourth-order valence-corrected chi connectivity index (χ4v) is 2.83. The van der Waals surface area contributed by atoms with E-state index in [0.29, 0.717) is 12.1 Å². The van der Waals surface area contributed by atoms with Crippen LogP contribution in [0.1, 0.15) is 31.4 Å². The van der Waals surface area contributed by atoms with Crippen molar-refractivity contribution in [3.63, 3.8) is 0 Å². The number of hydrogen-bond acceptors (Lipinski definition) is 3. The van der Waals surface area contributed by atoms with E-state index in [4.69, 9.17) is 9.47 Å². The van der Waals surface area contributed by atoms with E-state index in [1.54, 1.807) is 13.2 Å². The minimum atomic E-state index is -0.196. The van der Waals surface area contributed by atoms with Crippen molar-refractivity contribution in [2.24, 2.45) is 0 Å². The van der Waals surface area contributed by atoms with Crippen molar-refractivity contribution in [3.05, 3.63) is 34.1 Å². The van der Waals surface area contributed by atoms with E-state index in [0.717, 1.165) is 30.5 Å². The van der Waals surface area contributed by atoms with Crippen molar-refractivity contribution in [3.8, 4) is 0 Å². The molecule has 3 nitrogen and oxygen atoms in total. The number of hydrogen-bond donors (Lipinski definition) is 1. The van der Waals surface area contributed by atoms with E-state index in [2.05, 4.69) is 21.2 Å². The summed E-state index contributed by atoms with van der Waals surface area (Å²) in [5, 5.41) is 3.38. The molecule has 1 aromatic rings. The topological polar surface area (TPSA) is 30.5 Å². The SMILES string of the molecule is COC1(CN[C@H](C)c2ccc(Br)cc2F)CCOCC1. The Balaban J connectivity index is 1.98. The standard InChI is InChI=1S/C15H21BrFNO2/c1-11(13-4-3-12(16)9-14(13)17)18-10-15(19-2)5-7-20-8-6-15/h3-4,9,11,18H,5-8,10H2,1-2H3/t11-/m1/s1. The molecule has 0 radical (unpaired) electrons. The van der Waals surface area contributed by atoms with Gasteiger partial charge in [0, 0.05) is 55.8 Å². The second-order valence-corrected chi connectivity index (χ2v) is 6.18. The van der Waals surface area contributed by atoms with Crippen LogP contribution in [-0.2, 0) is 9.47 Å². The van der Waals surface area contributed by atoms with E-state index < -0.39 is 0 Å². The Morgan fingerprint density at radius 3 is 2.75 bits per heavy atom. The lowest BCUT2D eigenvalue weighted by atomic mass is 9.93. The van der Waals surface area contributed by atoms with Gasteiger partial charge < -0.3 is 14.8 Å². The summed E-state index contributed by atoms with van der Waals surface area (Å²) < 4.78 is 25.7. The molecule has 112 valence electrons. The van der Waals surface area contributed by atoms with Crippen LogP contribution in [0.5, 0.6) is 0 Å². The lowest BCUT2D eigenvalue weighted by Crippen LogP contribution is -2.47. The van der Waals surface area contributed by atoms with E-state index >= 15 is 0 Å². The van der Waals surface area contributed by atoms with Gasteiger partial charge in [0.05, 0.1) is 5.60 Å². The van der Waals surface area contributed by atoms with Crippen LogP contribution in [0.4, 0.5) is 4.39 Å². The number of benzene rings is 1. The monoisotopic (exact) mass is 345 g/mol. The van der Waals surface area contributed by atoms with Crippen molar-refractivity contribution in [2.75, 3.05) is 26.9 Å². The van der Waals surface area contributed by atoms with Gasteiger partial charge in [0.2, 0.25) is 0 Å². The second kappa shape index (κ2) is 6.98. The molecule has 2 rings (SSSR count). The first-order valence-corrected chi connectivity index (χ1v) is 7.67. The highest BCUT2D eigenvalue weighted by atomic mass is 79.9. The van der Waals surface area contributed by atoms with Gasteiger partial charge in [-0.05, 0) is 19.1 Å². The summed E-state index contributed by atoms with van der Waals surface area (Å²) in [6.45, 7) is 4.10. The van der Waals surface area contributed by atoms with Gasteiger partial charge in [-0.15, -0.1) is 0 Å². The lowest BCUT2D eigenvalue weighted by Gasteiger charge is -2.37. The van der Waals surface area contributed by atoms with Gasteiger partial charge in [0.15, 0.2) is 0 Å².